The van der Waals surface area contributed by atoms with Gasteiger partial charge in [0.1, 0.15) is 6.54 Å². The Hall–Kier alpha value is -3.73. The molecule has 36 heavy (non-hydrogen) atoms. The van der Waals surface area contributed by atoms with Gasteiger partial charge in [0.05, 0.1) is 30.4 Å². The van der Waals surface area contributed by atoms with Crippen LogP contribution in [0, 0.1) is 13.8 Å². The highest BCUT2D eigenvalue weighted by Crippen LogP contribution is 2.35. The fourth-order valence-corrected chi connectivity index (χ4v) is 4.89. The van der Waals surface area contributed by atoms with Gasteiger partial charge in [-0.2, -0.15) is 13.2 Å². The van der Waals surface area contributed by atoms with Crippen LogP contribution in [0.4, 0.5) is 24.5 Å². The first-order valence-electron chi connectivity index (χ1n) is 10.7. The smallest absolute Gasteiger partial charge is 0.416 e. The van der Waals surface area contributed by atoms with E-state index in [1.54, 1.807) is 19.1 Å². The molecule has 192 valence electrons. The fraction of sp³-hybridized carbons (Fsp3) is 0.240. The zero-order valence-corrected chi connectivity index (χ0v) is 20.8. The minimum atomic E-state index is -4.71. The molecule has 0 fully saturated rings. The monoisotopic (exact) mass is 522 g/mol. The maximum atomic E-state index is 13.6. The van der Waals surface area contributed by atoms with Crippen LogP contribution < -0.4 is 19.1 Å². The fourth-order valence-electron chi connectivity index (χ4n) is 3.46. The highest BCUT2D eigenvalue weighted by molar-refractivity contribution is 7.92. The molecule has 0 saturated heterocycles. The van der Waals surface area contributed by atoms with Gasteiger partial charge in [0.2, 0.25) is 5.91 Å². The minimum absolute atomic E-state index is 0.0994. The zero-order chi connectivity index (χ0) is 26.7. The lowest BCUT2D eigenvalue weighted by Crippen LogP contribution is -2.38. The van der Waals surface area contributed by atoms with E-state index in [-0.39, 0.29) is 22.1 Å². The van der Waals surface area contributed by atoms with Gasteiger partial charge in [-0.25, -0.2) is 8.42 Å². The largest absolute Gasteiger partial charge is 0.493 e. The van der Waals surface area contributed by atoms with E-state index in [4.69, 9.17) is 9.47 Å². The summed E-state index contributed by atoms with van der Waals surface area (Å²) >= 11 is 0. The number of rotatable bonds is 8. The van der Waals surface area contributed by atoms with Crippen molar-refractivity contribution in [3.63, 3.8) is 0 Å². The number of halogens is 3. The van der Waals surface area contributed by atoms with Gasteiger partial charge >= 0.3 is 6.18 Å². The molecule has 0 aliphatic heterocycles. The predicted molar refractivity (Wildman–Crippen MR) is 130 cm³/mol. The second kappa shape index (κ2) is 10.5. The van der Waals surface area contributed by atoms with E-state index in [1.807, 2.05) is 13.0 Å². The Morgan fingerprint density at radius 1 is 0.944 bits per heavy atom. The van der Waals surface area contributed by atoms with E-state index in [0.29, 0.717) is 16.1 Å². The summed E-state index contributed by atoms with van der Waals surface area (Å²) in [6, 6.07) is 12.8. The van der Waals surface area contributed by atoms with Crippen LogP contribution in [0.5, 0.6) is 11.5 Å². The first-order valence-corrected chi connectivity index (χ1v) is 12.1. The van der Waals surface area contributed by atoms with Crippen molar-refractivity contribution in [1.82, 2.24) is 0 Å². The number of anilines is 2. The molecule has 3 aromatic rings. The maximum absolute atomic E-state index is 13.6. The standard InChI is InChI=1S/C25H25F3N2O5S/c1-16-7-5-10-21(17(16)2)29-24(31)15-30(19-9-6-8-18(13-19)25(26,27)28)36(32,33)20-11-12-22(34-3)23(14-20)35-4/h5-14H,15H2,1-4H3,(H,29,31). The zero-order valence-electron chi connectivity index (χ0n) is 20.0. The highest BCUT2D eigenvalue weighted by atomic mass is 32.2. The third-order valence-corrected chi connectivity index (χ3v) is 7.34. The van der Waals surface area contributed by atoms with E-state index < -0.39 is 34.2 Å². The van der Waals surface area contributed by atoms with Gasteiger partial charge in [-0.15, -0.1) is 0 Å². The van der Waals surface area contributed by atoms with Crippen molar-refractivity contribution in [3.05, 3.63) is 77.4 Å². The van der Waals surface area contributed by atoms with Crippen molar-refractivity contribution in [3.8, 4) is 11.5 Å². The molecular weight excluding hydrogens is 497 g/mol. The first-order chi connectivity index (χ1) is 16.9. The van der Waals surface area contributed by atoms with Crippen LogP contribution in [0.15, 0.2) is 65.6 Å². The third-order valence-electron chi connectivity index (χ3n) is 5.57. The average molecular weight is 523 g/mol. The molecule has 1 amide bonds. The predicted octanol–water partition coefficient (Wildman–Crippen LogP) is 5.17. The Bertz CT molecular complexity index is 1370. The van der Waals surface area contributed by atoms with Crippen molar-refractivity contribution < 1.29 is 35.9 Å². The lowest BCUT2D eigenvalue weighted by atomic mass is 10.1. The number of sulfonamides is 1. The lowest BCUT2D eigenvalue weighted by Gasteiger charge is -2.25. The normalized spacial score (nSPS) is 11.6. The molecule has 3 aromatic carbocycles. The molecule has 0 spiro atoms. The second-order valence-corrected chi connectivity index (χ2v) is 9.73. The molecule has 0 heterocycles. The highest BCUT2D eigenvalue weighted by Gasteiger charge is 2.33. The molecule has 0 unspecified atom stereocenters. The summed E-state index contributed by atoms with van der Waals surface area (Å²) in [6.45, 7) is 2.86. The molecule has 11 heteroatoms. The van der Waals surface area contributed by atoms with Gasteiger partial charge < -0.3 is 14.8 Å². The number of carbonyl (C=O) groups excluding carboxylic acids is 1. The SMILES string of the molecule is COc1ccc(S(=O)(=O)N(CC(=O)Nc2cccc(C)c2C)c2cccc(C(F)(F)F)c2)cc1OC. The van der Waals surface area contributed by atoms with Gasteiger partial charge in [-0.05, 0) is 61.4 Å². The van der Waals surface area contributed by atoms with Crippen LogP contribution in [-0.4, -0.2) is 35.1 Å². The molecule has 0 bridgehead atoms. The number of aryl methyl sites for hydroxylation is 1. The number of benzene rings is 3. The number of hydrogen-bond acceptors (Lipinski definition) is 5. The number of ether oxygens (including phenoxy) is 2. The Labute approximate surface area is 207 Å². The number of carbonyl (C=O) groups is 1. The molecule has 0 atom stereocenters. The summed E-state index contributed by atoms with van der Waals surface area (Å²) < 4.78 is 78.4. The molecule has 0 radical (unpaired) electrons. The lowest BCUT2D eigenvalue weighted by molar-refractivity contribution is -0.137. The maximum Gasteiger partial charge on any atom is 0.416 e. The van der Waals surface area contributed by atoms with Crippen LogP contribution in [0.1, 0.15) is 16.7 Å². The van der Waals surface area contributed by atoms with Crippen molar-refractivity contribution in [1.29, 1.82) is 0 Å². The Morgan fingerprint density at radius 2 is 1.61 bits per heavy atom. The molecular formula is C25H25F3N2O5S. The van der Waals surface area contributed by atoms with E-state index >= 15 is 0 Å². The number of nitrogens with zero attached hydrogens (tertiary/aromatic N) is 1. The summed E-state index contributed by atoms with van der Waals surface area (Å²) in [6.07, 6.45) is -4.71. The minimum Gasteiger partial charge on any atom is -0.493 e. The second-order valence-electron chi connectivity index (χ2n) is 7.87. The van der Waals surface area contributed by atoms with Crippen molar-refractivity contribution >= 4 is 27.3 Å². The van der Waals surface area contributed by atoms with Gasteiger partial charge in [-0.1, -0.05) is 18.2 Å². The molecule has 3 rings (SSSR count). The summed E-state index contributed by atoms with van der Waals surface area (Å²) in [4.78, 5) is 12.7. The quantitative estimate of drug-likeness (QED) is 0.441. The molecule has 1 N–H and O–H groups in total. The van der Waals surface area contributed by atoms with Crippen LogP contribution in [-0.2, 0) is 21.0 Å². The van der Waals surface area contributed by atoms with Gasteiger partial charge in [-0.3, -0.25) is 9.10 Å². The van der Waals surface area contributed by atoms with Crippen molar-refractivity contribution in [2.24, 2.45) is 0 Å². The molecule has 0 aliphatic carbocycles. The molecule has 0 aliphatic rings. The third kappa shape index (κ3) is 5.73. The molecule has 7 nitrogen and oxygen atoms in total. The number of hydrogen-bond donors (Lipinski definition) is 1. The van der Waals surface area contributed by atoms with E-state index in [0.717, 1.165) is 23.3 Å². The van der Waals surface area contributed by atoms with E-state index in [2.05, 4.69) is 5.32 Å². The summed E-state index contributed by atoms with van der Waals surface area (Å²) in [5.41, 5.74) is 0.769. The van der Waals surface area contributed by atoms with Gasteiger partial charge in [0.25, 0.3) is 10.0 Å². The van der Waals surface area contributed by atoms with Crippen LogP contribution >= 0.6 is 0 Å². The van der Waals surface area contributed by atoms with Crippen LogP contribution in [0.25, 0.3) is 0 Å². The average Bonchev–Trinajstić information content (AvgIpc) is 2.84. The van der Waals surface area contributed by atoms with Crippen LogP contribution in [0.2, 0.25) is 0 Å². The van der Waals surface area contributed by atoms with E-state index in [9.17, 15) is 26.4 Å². The van der Waals surface area contributed by atoms with Gasteiger partial charge in [0, 0.05) is 11.8 Å². The Balaban J connectivity index is 2.08. The summed E-state index contributed by atoms with van der Waals surface area (Å²) in [7, 11) is -1.82. The van der Waals surface area contributed by atoms with Crippen LogP contribution in [0.3, 0.4) is 0 Å². The summed E-state index contributed by atoms with van der Waals surface area (Å²) in [5, 5.41) is 2.65. The number of methoxy groups -OCH3 is 2. The Kier molecular flexibility index (Phi) is 7.83. The first kappa shape index (κ1) is 26.9. The van der Waals surface area contributed by atoms with Crippen molar-refractivity contribution in [2.45, 2.75) is 24.9 Å². The number of nitrogens with one attached hydrogen (secondary N) is 1. The number of amides is 1. The van der Waals surface area contributed by atoms with Gasteiger partial charge in [0.15, 0.2) is 11.5 Å². The number of alkyl halides is 3. The molecule has 0 aromatic heterocycles. The molecule has 0 saturated carbocycles. The summed E-state index contributed by atoms with van der Waals surface area (Å²) in [5.74, 6) is -0.373. The van der Waals surface area contributed by atoms with E-state index in [1.165, 1.54) is 38.5 Å². The Morgan fingerprint density at radius 3 is 2.25 bits per heavy atom. The van der Waals surface area contributed by atoms with Crippen molar-refractivity contribution in [2.75, 3.05) is 30.4 Å². The topological polar surface area (TPSA) is 84.9 Å².